The number of hydrogen-bond donors (Lipinski definition) is 1. The number of likely N-dealkylation sites (N-methyl/N-ethyl adjacent to an activating group) is 1. The van der Waals surface area contributed by atoms with Gasteiger partial charge in [-0.3, -0.25) is 0 Å². The van der Waals surface area contributed by atoms with E-state index in [9.17, 15) is 13.5 Å². The lowest BCUT2D eigenvalue weighted by molar-refractivity contribution is 0.209. The molecule has 202 valence electrons. The van der Waals surface area contributed by atoms with Crippen LogP contribution in [0.5, 0.6) is 0 Å². The van der Waals surface area contributed by atoms with E-state index in [4.69, 9.17) is 4.42 Å². The van der Waals surface area contributed by atoms with Gasteiger partial charge < -0.3 is 19.3 Å². The van der Waals surface area contributed by atoms with Gasteiger partial charge in [0.2, 0.25) is 15.9 Å². The molecule has 11 heteroatoms. The van der Waals surface area contributed by atoms with E-state index in [1.54, 1.807) is 36.7 Å². The number of aliphatic hydroxyl groups excluding tert-OH is 1. The molecule has 39 heavy (non-hydrogen) atoms. The van der Waals surface area contributed by atoms with Gasteiger partial charge in [0.25, 0.3) is 0 Å². The topological polar surface area (TPSA) is 116 Å². The van der Waals surface area contributed by atoms with Crippen molar-refractivity contribution in [2.75, 3.05) is 31.6 Å². The zero-order valence-electron chi connectivity index (χ0n) is 21.8. The first-order valence-corrected chi connectivity index (χ1v) is 14.3. The van der Waals surface area contributed by atoms with E-state index in [2.05, 4.69) is 44.8 Å². The molecule has 0 bridgehead atoms. The average Bonchev–Trinajstić information content (AvgIpc) is 3.65. The van der Waals surface area contributed by atoms with Crippen molar-refractivity contribution >= 4 is 15.7 Å². The molecule has 1 fully saturated rings. The largest absolute Gasteiger partial charge is 0.445 e. The smallest absolute Gasteiger partial charge is 0.243 e. The molecule has 4 aromatic rings. The van der Waals surface area contributed by atoms with Gasteiger partial charge in [-0.05, 0) is 55.9 Å². The molecule has 0 amide bonds. The first-order valence-electron chi connectivity index (χ1n) is 12.9. The molecule has 0 radical (unpaired) electrons. The molecule has 0 aliphatic carbocycles. The number of sulfonamides is 1. The van der Waals surface area contributed by atoms with Gasteiger partial charge in [0, 0.05) is 55.2 Å². The van der Waals surface area contributed by atoms with E-state index in [0.717, 1.165) is 30.9 Å². The molecule has 6 rings (SSSR count). The molecule has 2 aromatic carbocycles. The lowest BCUT2D eigenvalue weighted by Gasteiger charge is -2.39. The monoisotopic (exact) mass is 546 g/mol. The normalized spacial score (nSPS) is 19.3. The van der Waals surface area contributed by atoms with E-state index >= 15 is 0 Å². The van der Waals surface area contributed by atoms with Crippen LogP contribution in [0.3, 0.4) is 0 Å². The maximum absolute atomic E-state index is 13.4. The standard InChI is InChI=1S/C28H30N6O4S/c1-19-16-33(12-11-32(19)2)23-5-3-4-21(14-23)26(35)27-30-15-22-17-34(18-25(22)31-27)39(36,37)24-8-6-20(7-9-24)28-29-10-13-38-28/h3-10,13-15,19,26,35H,11-12,16-18H2,1-2H3. The van der Waals surface area contributed by atoms with E-state index in [1.807, 2.05) is 18.2 Å². The summed E-state index contributed by atoms with van der Waals surface area (Å²) in [5.74, 6) is 0.685. The molecule has 1 N–H and O–H groups in total. The number of aromatic nitrogens is 3. The Bertz CT molecular complexity index is 1580. The second-order valence-electron chi connectivity index (χ2n) is 10.1. The quantitative estimate of drug-likeness (QED) is 0.390. The Morgan fingerprint density at radius 2 is 1.90 bits per heavy atom. The molecule has 2 unspecified atom stereocenters. The average molecular weight is 547 g/mol. The summed E-state index contributed by atoms with van der Waals surface area (Å²) in [6, 6.07) is 14.7. The Labute approximate surface area is 227 Å². The number of piperazine rings is 1. The van der Waals surface area contributed by atoms with Crippen LogP contribution in [0.15, 0.2) is 76.5 Å². The van der Waals surface area contributed by atoms with Crippen molar-refractivity contribution in [1.29, 1.82) is 0 Å². The van der Waals surface area contributed by atoms with Crippen molar-refractivity contribution in [2.24, 2.45) is 0 Å². The van der Waals surface area contributed by atoms with Crippen LogP contribution in [0.25, 0.3) is 11.5 Å². The molecular formula is C28H30N6O4S. The number of rotatable bonds is 6. The number of fused-ring (bicyclic) bond motifs is 1. The van der Waals surface area contributed by atoms with Crippen LogP contribution in [0.4, 0.5) is 5.69 Å². The van der Waals surface area contributed by atoms with Crippen LogP contribution in [0, 0.1) is 0 Å². The van der Waals surface area contributed by atoms with Gasteiger partial charge >= 0.3 is 0 Å². The molecule has 2 aliphatic rings. The molecule has 2 aromatic heterocycles. The lowest BCUT2D eigenvalue weighted by atomic mass is 10.1. The highest BCUT2D eigenvalue weighted by Crippen LogP contribution is 2.31. The van der Waals surface area contributed by atoms with E-state index in [0.29, 0.717) is 28.8 Å². The minimum absolute atomic E-state index is 0.112. The number of oxazole rings is 1. The maximum atomic E-state index is 13.4. The summed E-state index contributed by atoms with van der Waals surface area (Å²) in [7, 11) is -1.63. The molecular weight excluding hydrogens is 516 g/mol. The summed E-state index contributed by atoms with van der Waals surface area (Å²) in [4.78, 5) is 17.9. The van der Waals surface area contributed by atoms with Gasteiger partial charge in [0.1, 0.15) is 12.4 Å². The third kappa shape index (κ3) is 4.94. The third-order valence-corrected chi connectivity index (χ3v) is 9.38. The maximum Gasteiger partial charge on any atom is 0.243 e. The van der Waals surface area contributed by atoms with Crippen LogP contribution in [0.1, 0.15) is 35.7 Å². The first kappa shape index (κ1) is 25.6. The third-order valence-electron chi connectivity index (χ3n) is 7.57. The zero-order valence-corrected chi connectivity index (χ0v) is 22.6. The zero-order chi connectivity index (χ0) is 27.1. The summed E-state index contributed by atoms with van der Waals surface area (Å²) in [6.45, 7) is 5.31. The van der Waals surface area contributed by atoms with Crippen molar-refractivity contribution in [2.45, 2.75) is 37.1 Å². The predicted molar refractivity (Wildman–Crippen MR) is 145 cm³/mol. The molecule has 2 aliphatic heterocycles. The fraction of sp³-hybridized carbons (Fsp3) is 0.321. The number of anilines is 1. The second-order valence-corrected chi connectivity index (χ2v) is 12.0. The van der Waals surface area contributed by atoms with Crippen LogP contribution < -0.4 is 4.90 Å². The van der Waals surface area contributed by atoms with Crippen molar-refractivity contribution in [3.63, 3.8) is 0 Å². The summed E-state index contributed by atoms with van der Waals surface area (Å²) in [5.41, 5.74) is 3.78. The van der Waals surface area contributed by atoms with Gasteiger partial charge in [-0.1, -0.05) is 12.1 Å². The Balaban J connectivity index is 1.18. The Morgan fingerprint density at radius 1 is 1.08 bits per heavy atom. The summed E-state index contributed by atoms with van der Waals surface area (Å²) >= 11 is 0. The Morgan fingerprint density at radius 3 is 2.64 bits per heavy atom. The van der Waals surface area contributed by atoms with Crippen molar-refractivity contribution < 1.29 is 17.9 Å². The molecule has 10 nitrogen and oxygen atoms in total. The van der Waals surface area contributed by atoms with Crippen molar-refractivity contribution in [3.8, 4) is 11.5 Å². The van der Waals surface area contributed by atoms with Crippen LogP contribution in [0.2, 0.25) is 0 Å². The minimum Gasteiger partial charge on any atom is -0.445 e. The number of hydrogen-bond acceptors (Lipinski definition) is 9. The van der Waals surface area contributed by atoms with E-state index < -0.39 is 16.1 Å². The summed E-state index contributed by atoms with van der Waals surface area (Å²) in [5, 5.41) is 11.2. The Kier molecular flexibility index (Phi) is 6.67. The fourth-order valence-corrected chi connectivity index (χ4v) is 6.43. The summed E-state index contributed by atoms with van der Waals surface area (Å²) in [6.07, 6.45) is 3.61. The fourth-order valence-electron chi connectivity index (χ4n) is 5.05. The van der Waals surface area contributed by atoms with Crippen LogP contribution >= 0.6 is 0 Å². The van der Waals surface area contributed by atoms with Gasteiger partial charge in [-0.2, -0.15) is 4.31 Å². The molecule has 0 saturated carbocycles. The van der Waals surface area contributed by atoms with Gasteiger partial charge in [-0.15, -0.1) is 0 Å². The van der Waals surface area contributed by atoms with Gasteiger partial charge in [-0.25, -0.2) is 23.4 Å². The molecule has 0 spiro atoms. The van der Waals surface area contributed by atoms with Crippen molar-refractivity contribution in [3.05, 3.63) is 89.8 Å². The van der Waals surface area contributed by atoms with Crippen LogP contribution in [-0.2, 0) is 23.1 Å². The Hall–Kier alpha value is -3.64. The van der Waals surface area contributed by atoms with E-state index in [-0.39, 0.29) is 23.8 Å². The molecule has 4 heterocycles. The number of aliphatic hydroxyl groups is 1. The number of nitrogens with zero attached hydrogens (tertiary/aromatic N) is 6. The highest BCUT2D eigenvalue weighted by Gasteiger charge is 2.33. The van der Waals surface area contributed by atoms with E-state index in [1.165, 1.54) is 10.6 Å². The molecule has 2 atom stereocenters. The highest BCUT2D eigenvalue weighted by molar-refractivity contribution is 7.89. The van der Waals surface area contributed by atoms with Gasteiger partial charge in [0.05, 0.1) is 23.3 Å². The van der Waals surface area contributed by atoms with Crippen LogP contribution in [-0.4, -0.2) is 70.4 Å². The molecule has 1 saturated heterocycles. The predicted octanol–water partition coefficient (Wildman–Crippen LogP) is 3.06. The SMILES string of the molecule is CC1CN(c2cccc(C(O)c3ncc4c(n3)CN(S(=O)(=O)c3ccc(-c5ncco5)cc3)C4)c2)CCN1C. The highest BCUT2D eigenvalue weighted by atomic mass is 32.2. The minimum atomic E-state index is -3.76. The van der Waals surface area contributed by atoms with Gasteiger partial charge in [0.15, 0.2) is 5.82 Å². The first-order chi connectivity index (χ1) is 18.8. The lowest BCUT2D eigenvalue weighted by Crippen LogP contribution is -2.50. The summed E-state index contributed by atoms with van der Waals surface area (Å²) < 4.78 is 33.4. The van der Waals surface area contributed by atoms with Crippen molar-refractivity contribution in [1.82, 2.24) is 24.2 Å². The number of benzene rings is 2. The second kappa shape index (κ2) is 10.2.